The summed E-state index contributed by atoms with van der Waals surface area (Å²) < 4.78 is 35.7. The molecule has 6 nitrogen and oxygen atoms in total. The zero-order valence-electron chi connectivity index (χ0n) is 11.7. The van der Waals surface area contributed by atoms with E-state index in [1.807, 2.05) is 13.8 Å². The minimum Gasteiger partial charge on any atom is -0.462 e. The second-order valence-electron chi connectivity index (χ2n) is 4.87. The molecule has 20 heavy (non-hydrogen) atoms. The van der Waals surface area contributed by atoms with Crippen molar-refractivity contribution in [3.05, 3.63) is 29.8 Å². The van der Waals surface area contributed by atoms with Gasteiger partial charge in [-0.2, -0.15) is 8.42 Å². The molecule has 1 aromatic carbocycles. The normalized spacial score (nSPS) is 13.1. The van der Waals surface area contributed by atoms with Gasteiger partial charge in [0.2, 0.25) is 0 Å². The fraction of sp³-hybridized carbons (Fsp3) is 0.462. The van der Waals surface area contributed by atoms with Gasteiger partial charge in [0.1, 0.15) is 0 Å². The van der Waals surface area contributed by atoms with Crippen LogP contribution in [0.5, 0.6) is 0 Å². The number of hydrogen-bond donors (Lipinski definition) is 2. The van der Waals surface area contributed by atoms with Gasteiger partial charge in [-0.25, -0.2) is 4.79 Å². The first-order valence-electron chi connectivity index (χ1n) is 6.20. The predicted octanol–water partition coefficient (Wildman–Crippen LogP) is 2.15. The smallest absolute Gasteiger partial charge is 0.338 e. The Hall–Kier alpha value is -1.60. The molecule has 0 spiro atoms. The average molecular weight is 301 g/mol. The first kappa shape index (κ1) is 16.5. The molecule has 0 amide bonds. The molecule has 0 radical (unpaired) electrons. The van der Waals surface area contributed by atoms with Crippen LogP contribution in [0.1, 0.15) is 31.1 Å². The zero-order valence-corrected chi connectivity index (χ0v) is 12.5. The molecule has 0 aromatic heterocycles. The van der Waals surface area contributed by atoms with Crippen molar-refractivity contribution in [1.82, 2.24) is 0 Å². The lowest BCUT2D eigenvalue weighted by molar-refractivity contribution is 0.0459. The number of nitrogens with one attached hydrogen (secondary N) is 1. The number of esters is 1. The maximum absolute atomic E-state index is 11.7. The summed E-state index contributed by atoms with van der Waals surface area (Å²) in [6, 6.07) is 6.16. The van der Waals surface area contributed by atoms with Crippen molar-refractivity contribution in [3.8, 4) is 0 Å². The van der Waals surface area contributed by atoms with Crippen LogP contribution in [0.15, 0.2) is 24.3 Å². The number of rotatable bonds is 6. The number of ether oxygens (including phenoxy) is 1. The van der Waals surface area contributed by atoms with Crippen molar-refractivity contribution in [3.63, 3.8) is 0 Å². The lowest BCUT2D eigenvalue weighted by Gasteiger charge is -2.12. The Bertz CT molecular complexity index is 551. The van der Waals surface area contributed by atoms with Gasteiger partial charge in [-0.1, -0.05) is 13.8 Å². The molecular weight excluding hydrogens is 282 g/mol. The lowest BCUT2D eigenvalue weighted by atomic mass is 10.2. The van der Waals surface area contributed by atoms with Crippen molar-refractivity contribution in [2.24, 2.45) is 5.92 Å². The molecule has 1 aromatic rings. The van der Waals surface area contributed by atoms with Gasteiger partial charge in [-0.05, 0) is 37.1 Å². The standard InChI is InChI=1S/C13H19NO5S/c1-9(2)8-19-13(15)11-4-6-12(7-5-11)14-10(3)20(16,17)18/h4-7,9-10,14H,8H2,1-3H3,(H,16,17,18). The average Bonchev–Trinajstić information content (AvgIpc) is 2.35. The van der Waals surface area contributed by atoms with Crippen molar-refractivity contribution >= 4 is 21.8 Å². The Labute approximate surface area is 118 Å². The number of carbonyl (C=O) groups excluding carboxylic acids is 1. The first-order valence-corrected chi connectivity index (χ1v) is 7.70. The van der Waals surface area contributed by atoms with Crippen molar-refractivity contribution < 1.29 is 22.5 Å². The van der Waals surface area contributed by atoms with Crippen LogP contribution in [-0.2, 0) is 14.9 Å². The number of anilines is 1. The van der Waals surface area contributed by atoms with Gasteiger partial charge in [0.15, 0.2) is 5.37 Å². The van der Waals surface area contributed by atoms with Gasteiger partial charge in [-0.3, -0.25) is 4.55 Å². The van der Waals surface area contributed by atoms with Crippen LogP contribution < -0.4 is 5.32 Å². The summed E-state index contributed by atoms with van der Waals surface area (Å²) in [5.74, 6) is -0.163. The van der Waals surface area contributed by atoms with E-state index in [0.717, 1.165) is 0 Å². The summed E-state index contributed by atoms with van der Waals surface area (Å²) in [6.45, 7) is 5.55. The van der Waals surface area contributed by atoms with Gasteiger partial charge in [0.25, 0.3) is 10.1 Å². The van der Waals surface area contributed by atoms with Crippen molar-refractivity contribution in [2.75, 3.05) is 11.9 Å². The zero-order chi connectivity index (χ0) is 15.3. The molecule has 0 aliphatic carbocycles. The summed E-state index contributed by atoms with van der Waals surface area (Å²) in [5.41, 5.74) is 0.867. The summed E-state index contributed by atoms with van der Waals surface area (Å²) in [7, 11) is -4.15. The van der Waals surface area contributed by atoms with Crippen LogP contribution in [0.2, 0.25) is 0 Å². The van der Waals surface area contributed by atoms with E-state index >= 15 is 0 Å². The van der Waals surface area contributed by atoms with Gasteiger partial charge < -0.3 is 10.1 Å². The fourth-order valence-corrected chi connectivity index (χ4v) is 1.62. The molecule has 0 aliphatic rings. The predicted molar refractivity (Wildman–Crippen MR) is 76.2 cm³/mol. The quantitative estimate of drug-likeness (QED) is 0.618. The van der Waals surface area contributed by atoms with Crippen LogP contribution in [-0.4, -0.2) is 30.9 Å². The fourth-order valence-electron chi connectivity index (χ4n) is 1.34. The van der Waals surface area contributed by atoms with Crippen LogP contribution in [0, 0.1) is 5.92 Å². The highest BCUT2D eigenvalue weighted by Crippen LogP contribution is 2.13. The SMILES string of the molecule is CC(C)COC(=O)c1ccc(NC(C)S(=O)(=O)O)cc1. The Morgan fingerprint density at radius 2 is 1.80 bits per heavy atom. The van der Waals surface area contributed by atoms with Gasteiger partial charge in [0.05, 0.1) is 12.2 Å². The molecule has 112 valence electrons. The number of hydrogen-bond acceptors (Lipinski definition) is 5. The Morgan fingerprint density at radius 1 is 1.25 bits per heavy atom. The second-order valence-corrected chi connectivity index (χ2v) is 6.61. The molecule has 0 saturated carbocycles. The van der Waals surface area contributed by atoms with Crippen LogP contribution >= 0.6 is 0 Å². The molecule has 1 unspecified atom stereocenters. The van der Waals surface area contributed by atoms with E-state index in [4.69, 9.17) is 9.29 Å². The van der Waals surface area contributed by atoms with E-state index in [-0.39, 0.29) is 5.92 Å². The molecule has 0 heterocycles. The molecule has 0 aliphatic heterocycles. The van der Waals surface area contributed by atoms with Gasteiger partial charge in [0, 0.05) is 5.69 Å². The van der Waals surface area contributed by atoms with Crippen molar-refractivity contribution in [1.29, 1.82) is 0 Å². The summed E-state index contributed by atoms with van der Waals surface area (Å²) >= 11 is 0. The maximum Gasteiger partial charge on any atom is 0.338 e. The third-order valence-corrected chi connectivity index (χ3v) is 3.50. The Kier molecular flexibility index (Phi) is 5.52. The second kappa shape index (κ2) is 6.71. The van der Waals surface area contributed by atoms with E-state index in [1.165, 1.54) is 19.1 Å². The number of benzene rings is 1. The van der Waals surface area contributed by atoms with E-state index in [0.29, 0.717) is 17.9 Å². The summed E-state index contributed by atoms with van der Waals surface area (Å²) in [4.78, 5) is 11.7. The first-order chi connectivity index (χ1) is 9.20. The van der Waals surface area contributed by atoms with Crippen molar-refractivity contribution in [2.45, 2.75) is 26.1 Å². The maximum atomic E-state index is 11.7. The minimum absolute atomic E-state index is 0.260. The monoisotopic (exact) mass is 301 g/mol. The van der Waals surface area contributed by atoms with Gasteiger partial charge in [-0.15, -0.1) is 0 Å². The molecule has 0 saturated heterocycles. The highest BCUT2D eigenvalue weighted by Gasteiger charge is 2.16. The minimum atomic E-state index is -4.15. The molecular formula is C13H19NO5S. The summed E-state index contributed by atoms with van der Waals surface area (Å²) in [6.07, 6.45) is 0. The summed E-state index contributed by atoms with van der Waals surface area (Å²) in [5, 5.41) is 1.48. The van der Waals surface area contributed by atoms with E-state index in [1.54, 1.807) is 12.1 Å². The van der Waals surface area contributed by atoms with Crippen LogP contribution in [0.25, 0.3) is 0 Å². The third kappa shape index (κ3) is 5.18. The molecule has 1 atom stereocenters. The third-order valence-electron chi connectivity index (χ3n) is 2.49. The van der Waals surface area contributed by atoms with Gasteiger partial charge >= 0.3 is 5.97 Å². The molecule has 0 fully saturated rings. The lowest BCUT2D eigenvalue weighted by Crippen LogP contribution is -2.25. The van der Waals surface area contributed by atoms with E-state index < -0.39 is 21.5 Å². The number of carbonyl (C=O) groups is 1. The topological polar surface area (TPSA) is 92.7 Å². The molecule has 2 N–H and O–H groups in total. The van der Waals surface area contributed by atoms with Crippen LogP contribution in [0.4, 0.5) is 5.69 Å². The van der Waals surface area contributed by atoms with Crippen LogP contribution in [0.3, 0.4) is 0 Å². The largest absolute Gasteiger partial charge is 0.462 e. The van der Waals surface area contributed by atoms with E-state index in [2.05, 4.69) is 5.32 Å². The highest BCUT2D eigenvalue weighted by atomic mass is 32.2. The Balaban J connectivity index is 2.67. The molecule has 1 rings (SSSR count). The highest BCUT2D eigenvalue weighted by molar-refractivity contribution is 7.86. The Morgan fingerprint density at radius 3 is 2.25 bits per heavy atom. The molecule has 7 heteroatoms. The van der Waals surface area contributed by atoms with E-state index in [9.17, 15) is 13.2 Å². The molecule has 0 bridgehead atoms.